The molecular weight excluding hydrogens is 434 g/mol. The van der Waals surface area contributed by atoms with Gasteiger partial charge in [-0.25, -0.2) is 9.96 Å². The van der Waals surface area contributed by atoms with Gasteiger partial charge in [0.1, 0.15) is 5.92 Å². The monoisotopic (exact) mass is 449 g/mol. The van der Waals surface area contributed by atoms with Gasteiger partial charge < -0.3 is 0 Å². The van der Waals surface area contributed by atoms with E-state index in [-0.39, 0.29) is 11.8 Å². The fourth-order valence-electron chi connectivity index (χ4n) is 3.95. The summed E-state index contributed by atoms with van der Waals surface area (Å²) in [7, 11) is 0. The van der Waals surface area contributed by atoms with Crippen LogP contribution in [0.4, 0.5) is 11.4 Å². The molecule has 0 aliphatic carbocycles. The van der Waals surface area contributed by atoms with Gasteiger partial charge in [0.2, 0.25) is 5.91 Å². The van der Waals surface area contributed by atoms with Gasteiger partial charge in [0, 0.05) is 16.9 Å². The molecule has 0 spiro atoms. The minimum absolute atomic E-state index is 0.269. The van der Waals surface area contributed by atoms with Gasteiger partial charge in [-0.2, -0.15) is 0 Å². The summed E-state index contributed by atoms with van der Waals surface area (Å²) in [6.45, 7) is 0. The summed E-state index contributed by atoms with van der Waals surface area (Å²) in [5, 5.41) is 1.67. The first-order valence-electron chi connectivity index (χ1n) is 9.19. The predicted molar refractivity (Wildman–Crippen MR) is 111 cm³/mol. The molecule has 144 valence electrons. The molecule has 3 unspecified atom stereocenters. The van der Waals surface area contributed by atoms with E-state index in [0.29, 0.717) is 5.69 Å². The Labute approximate surface area is 175 Å². The molecule has 2 fully saturated rings. The number of hydrogen-bond donors (Lipinski definition) is 0. The van der Waals surface area contributed by atoms with Crippen LogP contribution in [0, 0.1) is 5.92 Å². The molecule has 2 amide bonds. The van der Waals surface area contributed by atoms with Crippen molar-refractivity contribution in [1.82, 2.24) is 4.98 Å². The summed E-state index contributed by atoms with van der Waals surface area (Å²) in [4.78, 5) is 38.1. The van der Waals surface area contributed by atoms with Crippen molar-refractivity contribution < 1.29 is 14.4 Å². The van der Waals surface area contributed by atoms with Crippen molar-refractivity contribution in [3.63, 3.8) is 0 Å². The summed E-state index contributed by atoms with van der Waals surface area (Å²) >= 11 is 3.38. The number of hydrogen-bond acceptors (Lipinski definition) is 5. The number of anilines is 2. The van der Waals surface area contributed by atoms with Gasteiger partial charge in [-0.05, 0) is 48.0 Å². The fraction of sp³-hybridized carbons (Fsp3) is 0.136. The Bertz CT molecular complexity index is 1060. The third-order valence-corrected chi connectivity index (χ3v) is 5.77. The SMILES string of the molecule is O=C1C2ON(c3ccccc3)C(c3cccnc3)C2C(=O)N1c1ccc(Br)cc1. The number of imide groups is 1. The van der Waals surface area contributed by atoms with Gasteiger partial charge >= 0.3 is 0 Å². The summed E-state index contributed by atoms with van der Waals surface area (Å²) in [5.41, 5.74) is 2.15. The summed E-state index contributed by atoms with van der Waals surface area (Å²) in [6.07, 6.45) is 2.52. The number of rotatable bonds is 3. The van der Waals surface area contributed by atoms with E-state index in [1.165, 1.54) is 4.90 Å². The molecule has 6 nitrogen and oxygen atoms in total. The fourth-order valence-corrected chi connectivity index (χ4v) is 4.21. The van der Waals surface area contributed by atoms with Gasteiger partial charge in [0.25, 0.3) is 5.91 Å². The van der Waals surface area contributed by atoms with Crippen LogP contribution in [-0.2, 0) is 14.4 Å². The summed E-state index contributed by atoms with van der Waals surface area (Å²) in [5.74, 6) is -1.28. The lowest BCUT2D eigenvalue weighted by atomic mass is 9.91. The Morgan fingerprint density at radius 2 is 1.62 bits per heavy atom. The van der Waals surface area contributed by atoms with Gasteiger partial charge in [-0.3, -0.25) is 19.4 Å². The zero-order valence-electron chi connectivity index (χ0n) is 15.2. The molecule has 2 aliphatic rings. The lowest BCUT2D eigenvalue weighted by Gasteiger charge is -2.28. The average Bonchev–Trinajstić information content (AvgIpc) is 3.27. The van der Waals surface area contributed by atoms with Crippen molar-refractivity contribution in [1.29, 1.82) is 0 Å². The van der Waals surface area contributed by atoms with Crippen LogP contribution in [0.25, 0.3) is 0 Å². The third-order valence-electron chi connectivity index (χ3n) is 5.24. The molecule has 5 rings (SSSR count). The maximum atomic E-state index is 13.4. The molecule has 1 aromatic heterocycles. The zero-order valence-corrected chi connectivity index (χ0v) is 16.8. The van der Waals surface area contributed by atoms with Gasteiger partial charge in [0.15, 0.2) is 6.10 Å². The number of hydroxylamine groups is 1. The van der Waals surface area contributed by atoms with Crippen molar-refractivity contribution in [2.45, 2.75) is 12.1 Å². The maximum Gasteiger partial charge on any atom is 0.266 e. The second kappa shape index (κ2) is 7.09. The Morgan fingerprint density at radius 3 is 2.31 bits per heavy atom. The highest BCUT2D eigenvalue weighted by molar-refractivity contribution is 9.10. The molecule has 29 heavy (non-hydrogen) atoms. The molecule has 3 aromatic rings. The molecular formula is C22H16BrN3O3. The lowest BCUT2D eigenvalue weighted by molar-refractivity contribution is -0.126. The molecule has 0 N–H and O–H groups in total. The second-order valence-corrected chi connectivity index (χ2v) is 7.85. The minimum Gasteiger partial charge on any atom is -0.273 e. The number of carbonyl (C=O) groups is 2. The van der Waals surface area contributed by atoms with E-state index in [9.17, 15) is 9.59 Å². The molecule has 2 aliphatic heterocycles. The van der Waals surface area contributed by atoms with E-state index in [0.717, 1.165) is 15.7 Å². The van der Waals surface area contributed by atoms with Crippen LogP contribution in [0.5, 0.6) is 0 Å². The van der Waals surface area contributed by atoms with E-state index in [4.69, 9.17) is 4.84 Å². The maximum absolute atomic E-state index is 13.4. The first-order chi connectivity index (χ1) is 14.1. The molecule has 7 heteroatoms. The van der Waals surface area contributed by atoms with E-state index in [2.05, 4.69) is 20.9 Å². The van der Waals surface area contributed by atoms with E-state index in [1.54, 1.807) is 41.7 Å². The Hall–Kier alpha value is -3.03. The number of fused-ring (bicyclic) bond motifs is 1. The number of benzene rings is 2. The Balaban J connectivity index is 1.58. The van der Waals surface area contributed by atoms with Gasteiger partial charge in [0.05, 0.1) is 17.4 Å². The highest BCUT2D eigenvalue weighted by atomic mass is 79.9. The van der Waals surface area contributed by atoms with Crippen LogP contribution in [0.3, 0.4) is 0 Å². The number of nitrogens with zero attached hydrogens (tertiary/aromatic N) is 3. The van der Waals surface area contributed by atoms with Crippen molar-refractivity contribution in [2.24, 2.45) is 5.92 Å². The second-order valence-electron chi connectivity index (χ2n) is 6.93. The smallest absolute Gasteiger partial charge is 0.266 e. The van der Waals surface area contributed by atoms with Crippen LogP contribution in [0.2, 0.25) is 0 Å². The molecule has 3 heterocycles. The van der Waals surface area contributed by atoms with Crippen LogP contribution >= 0.6 is 15.9 Å². The quantitative estimate of drug-likeness (QED) is 0.567. The van der Waals surface area contributed by atoms with Crippen molar-refractivity contribution >= 4 is 39.1 Å². The topological polar surface area (TPSA) is 62.7 Å². The molecule has 2 aromatic carbocycles. The number of carbonyl (C=O) groups excluding carboxylic acids is 2. The zero-order chi connectivity index (χ0) is 20.0. The van der Waals surface area contributed by atoms with Crippen LogP contribution in [0.1, 0.15) is 11.6 Å². The number of amides is 2. The summed E-state index contributed by atoms with van der Waals surface area (Å²) in [6, 6.07) is 19.9. The number of aromatic nitrogens is 1. The van der Waals surface area contributed by atoms with Crippen molar-refractivity contribution in [3.8, 4) is 0 Å². The first kappa shape index (κ1) is 18.0. The van der Waals surface area contributed by atoms with Gasteiger partial charge in [-0.1, -0.05) is 40.2 Å². The first-order valence-corrected chi connectivity index (χ1v) is 9.99. The normalized spacial score (nSPS) is 23.6. The standard InChI is InChI=1S/C22H16BrN3O3/c23-15-8-10-16(11-9-15)25-21(27)18-19(14-5-4-12-24-13-14)26(29-20(18)22(25)28)17-6-2-1-3-7-17/h1-13,18-20H. The van der Waals surface area contributed by atoms with Crippen LogP contribution in [-0.4, -0.2) is 22.9 Å². The number of halogens is 1. The molecule has 0 bridgehead atoms. The highest BCUT2D eigenvalue weighted by Gasteiger charge is 2.60. The van der Waals surface area contributed by atoms with E-state index >= 15 is 0 Å². The lowest BCUT2D eigenvalue weighted by Crippen LogP contribution is -2.37. The Kier molecular flexibility index (Phi) is 4.41. The largest absolute Gasteiger partial charge is 0.273 e. The number of para-hydroxylation sites is 1. The minimum atomic E-state index is -0.878. The van der Waals surface area contributed by atoms with Crippen LogP contribution < -0.4 is 9.96 Å². The van der Waals surface area contributed by atoms with Gasteiger partial charge in [-0.15, -0.1) is 0 Å². The molecule has 0 radical (unpaired) electrons. The van der Waals surface area contributed by atoms with Crippen molar-refractivity contribution in [2.75, 3.05) is 9.96 Å². The van der Waals surface area contributed by atoms with Crippen LogP contribution in [0.15, 0.2) is 83.6 Å². The molecule has 3 atom stereocenters. The third kappa shape index (κ3) is 2.94. The predicted octanol–water partition coefficient (Wildman–Crippen LogP) is 3.90. The average molecular weight is 450 g/mol. The highest BCUT2D eigenvalue weighted by Crippen LogP contribution is 2.47. The Morgan fingerprint density at radius 1 is 0.862 bits per heavy atom. The van der Waals surface area contributed by atoms with E-state index < -0.39 is 18.1 Å². The molecule has 0 saturated carbocycles. The number of pyridine rings is 1. The van der Waals surface area contributed by atoms with Crippen molar-refractivity contribution in [3.05, 3.63) is 89.2 Å². The van der Waals surface area contributed by atoms with E-state index in [1.807, 2.05) is 42.5 Å². The summed E-state index contributed by atoms with van der Waals surface area (Å²) < 4.78 is 0.875. The molecule has 2 saturated heterocycles.